The molecule has 0 saturated heterocycles. The summed E-state index contributed by atoms with van der Waals surface area (Å²) in [5, 5.41) is 3.36. The minimum Gasteiger partial charge on any atom is -0.352 e. The number of pyridine rings is 2. The highest BCUT2D eigenvalue weighted by Crippen LogP contribution is 2.13. The van der Waals surface area contributed by atoms with E-state index in [-0.39, 0.29) is 5.56 Å². The molecule has 0 radical (unpaired) electrons. The van der Waals surface area contributed by atoms with E-state index in [0.29, 0.717) is 30.3 Å². The van der Waals surface area contributed by atoms with E-state index in [1.165, 1.54) is 24.3 Å². The molecule has 0 atom stereocenters. The van der Waals surface area contributed by atoms with Gasteiger partial charge in [-0.25, -0.2) is 9.37 Å². The Balaban J connectivity index is 1.41. The summed E-state index contributed by atoms with van der Waals surface area (Å²) < 4.78 is 15.2. The topological polar surface area (TPSA) is 79.3 Å². The number of nitrogens with zero attached hydrogens (tertiary/aromatic N) is 2. The van der Waals surface area contributed by atoms with Crippen LogP contribution in [0.3, 0.4) is 0 Å². The summed E-state index contributed by atoms with van der Waals surface area (Å²) >= 11 is 0. The van der Waals surface area contributed by atoms with Gasteiger partial charge >= 0.3 is 0 Å². The predicted octanol–water partition coefficient (Wildman–Crippen LogP) is 2.68. The van der Waals surface area contributed by atoms with Crippen molar-refractivity contribution in [1.82, 2.24) is 19.7 Å². The van der Waals surface area contributed by atoms with E-state index >= 15 is 0 Å². The average molecular weight is 364 g/mol. The molecule has 3 heterocycles. The molecule has 0 bridgehead atoms. The lowest BCUT2D eigenvalue weighted by Gasteiger charge is -2.06. The molecular formula is C20H17FN4O2. The number of halogens is 1. The maximum absolute atomic E-state index is 13.2. The molecule has 4 aromatic rings. The molecule has 0 unspecified atom stereocenters. The van der Waals surface area contributed by atoms with Gasteiger partial charge in [-0.1, -0.05) is 6.07 Å². The molecule has 7 heteroatoms. The molecule has 0 aliphatic rings. The Hall–Kier alpha value is -3.48. The molecule has 0 fully saturated rings. The maximum Gasteiger partial charge on any atom is 0.261 e. The van der Waals surface area contributed by atoms with E-state index in [0.717, 1.165) is 11.3 Å². The summed E-state index contributed by atoms with van der Waals surface area (Å²) in [7, 11) is 0. The van der Waals surface area contributed by atoms with Crippen LogP contribution < -0.4 is 10.9 Å². The highest BCUT2D eigenvalue weighted by atomic mass is 19.1. The Bertz CT molecular complexity index is 1200. The molecule has 0 aliphatic carbocycles. The molecule has 6 nitrogen and oxygen atoms in total. The van der Waals surface area contributed by atoms with Gasteiger partial charge < -0.3 is 14.7 Å². The minimum absolute atomic E-state index is 0.0142. The number of benzene rings is 1. The largest absolute Gasteiger partial charge is 0.352 e. The van der Waals surface area contributed by atoms with Crippen molar-refractivity contribution in [3.8, 4) is 0 Å². The highest BCUT2D eigenvalue weighted by molar-refractivity contribution is 5.97. The first kappa shape index (κ1) is 17.0. The molecule has 0 saturated carbocycles. The van der Waals surface area contributed by atoms with Crippen molar-refractivity contribution in [2.75, 3.05) is 6.54 Å². The van der Waals surface area contributed by atoms with Crippen LogP contribution >= 0.6 is 0 Å². The molecule has 27 heavy (non-hydrogen) atoms. The first-order valence-corrected chi connectivity index (χ1v) is 8.63. The van der Waals surface area contributed by atoms with Gasteiger partial charge in [0, 0.05) is 19.2 Å². The number of aromatic amines is 1. The van der Waals surface area contributed by atoms with E-state index in [9.17, 15) is 14.0 Å². The summed E-state index contributed by atoms with van der Waals surface area (Å²) in [5.41, 5.74) is 0.864. The van der Waals surface area contributed by atoms with E-state index in [4.69, 9.17) is 0 Å². The summed E-state index contributed by atoms with van der Waals surface area (Å²) in [4.78, 5) is 31.4. The second kappa shape index (κ2) is 7.03. The molecule has 136 valence electrons. The second-order valence-electron chi connectivity index (χ2n) is 6.27. The van der Waals surface area contributed by atoms with Crippen LogP contribution in [-0.4, -0.2) is 26.8 Å². The molecule has 4 rings (SSSR count). The predicted molar refractivity (Wildman–Crippen MR) is 100 cm³/mol. The number of aryl methyl sites for hydroxylation is 1. The van der Waals surface area contributed by atoms with Crippen LogP contribution in [0.5, 0.6) is 0 Å². The van der Waals surface area contributed by atoms with Crippen LogP contribution in [-0.2, 0) is 6.42 Å². The zero-order valence-electron chi connectivity index (χ0n) is 14.4. The van der Waals surface area contributed by atoms with Crippen LogP contribution in [0.4, 0.5) is 4.39 Å². The fourth-order valence-corrected chi connectivity index (χ4v) is 3.07. The fraction of sp³-hybridized carbons (Fsp3) is 0.150. The zero-order valence-corrected chi connectivity index (χ0v) is 14.4. The molecule has 0 spiro atoms. The van der Waals surface area contributed by atoms with Crippen molar-refractivity contribution in [1.29, 1.82) is 0 Å². The third-order valence-corrected chi connectivity index (χ3v) is 4.43. The SMILES string of the molecule is O=C(NCCCc1ncc2ccccn12)c1cc2ccc(F)cc2[nH]c1=O. The summed E-state index contributed by atoms with van der Waals surface area (Å²) in [6.07, 6.45) is 5.15. The van der Waals surface area contributed by atoms with Crippen molar-refractivity contribution in [3.05, 3.63) is 82.4 Å². The van der Waals surface area contributed by atoms with Crippen molar-refractivity contribution in [2.24, 2.45) is 0 Å². The quantitative estimate of drug-likeness (QED) is 0.535. The van der Waals surface area contributed by atoms with Crippen molar-refractivity contribution in [3.63, 3.8) is 0 Å². The van der Waals surface area contributed by atoms with E-state index in [2.05, 4.69) is 15.3 Å². The van der Waals surface area contributed by atoms with Crippen LogP contribution in [0.25, 0.3) is 16.4 Å². The van der Waals surface area contributed by atoms with Gasteiger partial charge in [-0.05, 0) is 48.2 Å². The molecule has 2 N–H and O–H groups in total. The van der Waals surface area contributed by atoms with Crippen LogP contribution in [0, 0.1) is 5.82 Å². The summed E-state index contributed by atoms with van der Waals surface area (Å²) in [6.45, 7) is 0.418. The molecule has 1 amide bonds. The third kappa shape index (κ3) is 3.44. The van der Waals surface area contributed by atoms with E-state index in [1.807, 2.05) is 35.0 Å². The first-order chi connectivity index (χ1) is 13.1. The Kier molecular flexibility index (Phi) is 4.42. The van der Waals surface area contributed by atoms with Gasteiger partial charge in [0.25, 0.3) is 11.5 Å². The van der Waals surface area contributed by atoms with E-state index in [1.54, 1.807) is 0 Å². The Morgan fingerprint density at radius 3 is 3.00 bits per heavy atom. The number of H-pyrrole nitrogens is 1. The smallest absolute Gasteiger partial charge is 0.261 e. The number of carbonyl (C=O) groups excluding carboxylic acids is 1. The fourth-order valence-electron chi connectivity index (χ4n) is 3.07. The van der Waals surface area contributed by atoms with Crippen LogP contribution in [0.15, 0.2) is 59.7 Å². The minimum atomic E-state index is -0.537. The number of carbonyl (C=O) groups is 1. The molecule has 0 aliphatic heterocycles. The average Bonchev–Trinajstić information content (AvgIpc) is 3.07. The lowest BCUT2D eigenvalue weighted by atomic mass is 10.1. The number of fused-ring (bicyclic) bond motifs is 2. The molecule has 3 aromatic heterocycles. The van der Waals surface area contributed by atoms with Crippen LogP contribution in [0.1, 0.15) is 22.6 Å². The molecule has 1 aromatic carbocycles. The maximum atomic E-state index is 13.2. The van der Waals surface area contributed by atoms with Gasteiger partial charge in [0.2, 0.25) is 0 Å². The lowest BCUT2D eigenvalue weighted by molar-refractivity contribution is 0.0952. The monoisotopic (exact) mass is 364 g/mol. The Morgan fingerprint density at radius 1 is 1.22 bits per heavy atom. The van der Waals surface area contributed by atoms with Crippen molar-refractivity contribution < 1.29 is 9.18 Å². The Labute approximate surface area is 153 Å². The summed E-state index contributed by atoms with van der Waals surface area (Å²) in [5.74, 6) is 0.0303. The van der Waals surface area contributed by atoms with Gasteiger partial charge in [-0.15, -0.1) is 0 Å². The van der Waals surface area contributed by atoms with Gasteiger partial charge in [0.1, 0.15) is 17.2 Å². The first-order valence-electron chi connectivity index (χ1n) is 8.63. The number of imidazole rings is 1. The second-order valence-corrected chi connectivity index (χ2v) is 6.27. The van der Waals surface area contributed by atoms with E-state index < -0.39 is 17.3 Å². The van der Waals surface area contributed by atoms with Gasteiger partial charge in [0.05, 0.1) is 17.2 Å². The van der Waals surface area contributed by atoms with Crippen molar-refractivity contribution >= 4 is 22.3 Å². The van der Waals surface area contributed by atoms with Gasteiger partial charge in [0.15, 0.2) is 0 Å². The standard InChI is InChI=1S/C20H17FN4O2/c21-14-7-6-13-10-16(20(27)24-17(13)11-14)19(26)22-8-3-5-18-23-12-15-4-1-2-9-25(15)18/h1-2,4,6-7,9-12H,3,5,8H2,(H,22,26)(H,24,27). The Morgan fingerprint density at radius 2 is 2.11 bits per heavy atom. The van der Waals surface area contributed by atoms with Crippen LogP contribution in [0.2, 0.25) is 0 Å². The third-order valence-electron chi connectivity index (χ3n) is 4.43. The number of rotatable bonds is 5. The number of hydrogen-bond acceptors (Lipinski definition) is 3. The van der Waals surface area contributed by atoms with Gasteiger partial charge in [-0.2, -0.15) is 0 Å². The number of hydrogen-bond donors (Lipinski definition) is 2. The normalized spacial score (nSPS) is 11.1. The molecular weight excluding hydrogens is 347 g/mol. The lowest BCUT2D eigenvalue weighted by Crippen LogP contribution is -2.30. The van der Waals surface area contributed by atoms with Gasteiger partial charge in [-0.3, -0.25) is 9.59 Å². The number of nitrogens with one attached hydrogen (secondary N) is 2. The number of amides is 1. The summed E-state index contributed by atoms with van der Waals surface area (Å²) in [6, 6.07) is 11.4. The number of aromatic nitrogens is 3. The highest BCUT2D eigenvalue weighted by Gasteiger charge is 2.12. The van der Waals surface area contributed by atoms with Crippen molar-refractivity contribution in [2.45, 2.75) is 12.8 Å². The zero-order chi connectivity index (χ0) is 18.8.